The van der Waals surface area contributed by atoms with E-state index in [1.807, 2.05) is 30.3 Å². The Bertz CT molecular complexity index is 338. The molecule has 1 atom stereocenters. The molecule has 1 aromatic carbocycles. The van der Waals surface area contributed by atoms with Crippen LogP contribution in [0.15, 0.2) is 30.3 Å². The normalized spacial score (nSPS) is 12.1. The Morgan fingerprint density at radius 2 is 1.94 bits per heavy atom. The van der Waals surface area contributed by atoms with Crippen molar-refractivity contribution in [1.29, 1.82) is 0 Å². The molecule has 0 aliphatic carbocycles. The van der Waals surface area contributed by atoms with Crippen LogP contribution in [0.25, 0.3) is 0 Å². The first kappa shape index (κ1) is 14.7. The lowest BCUT2D eigenvalue weighted by Crippen LogP contribution is -2.30. The van der Waals surface area contributed by atoms with Crippen LogP contribution in [0.3, 0.4) is 0 Å². The van der Waals surface area contributed by atoms with Crippen LogP contribution in [-0.4, -0.2) is 17.6 Å². The number of rotatable bonds is 8. The van der Waals surface area contributed by atoms with Gasteiger partial charge in [0.05, 0.1) is 12.6 Å². The summed E-state index contributed by atoms with van der Waals surface area (Å²) < 4.78 is 0. The number of aliphatic hydroxyl groups excluding tert-OH is 1. The average molecular weight is 249 g/mol. The van der Waals surface area contributed by atoms with Crippen LogP contribution in [0.5, 0.6) is 0 Å². The van der Waals surface area contributed by atoms with Gasteiger partial charge in [0.2, 0.25) is 5.91 Å². The van der Waals surface area contributed by atoms with E-state index in [0.29, 0.717) is 6.42 Å². The Morgan fingerprint density at radius 3 is 2.56 bits per heavy atom. The lowest BCUT2D eigenvalue weighted by Gasteiger charge is -2.16. The van der Waals surface area contributed by atoms with Crippen LogP contribution >= 0.6 is 0 Å². The van der Waals surface area contributed by atoms with Crippen LogP contribution in [0.1, 0.15) is 50.6 Å². The van der Waals surface area contributed by atoms with E-state index >= 15 is 0 Å². The first-order chi connectivity index (χ1) is 8.77. The van der Waals surface area contributed by atoms with Gasteiger partial charge in [-0.15, -0.1) is 0 Å². The first-order valence-corrected chi connectivity index (χ1v) is 6.73. The van der Waals surface area contributed by atoms with E-state index in [2.05, 4.69) is 12.2 Å². The Kier molecular flexibility index (Phi) is 7.11. The molecule has 3 nitrogen and oxygen atoms in total. The molecule has 100 valence electrons. The van der Waals surface area contributed by atoms with Crippen LogP contribution < -0.4 is 5.32 Å². The lowest BCUT2D eigenvalue weighted by molar-refractivity contribution is -0.122. The molecule has 0 bridgehead atoms. The third-order valence-electron chi connectivity index (χ3n) is 2.98. The minimum Gasteiger partial charge on any atom is -0.394 e. The van der Waals surface area contributed by atoms with Crippen molar-refractivity contribution in [3.8, 4) is 0 Å². The van der Waals surface area contributed by atoms with Gasteiger partial charge in [0.25, 0.3) is 0 Å². The van der Waals surface area contributed by atoms with Crippen molar-refractivity contribution >= 4 is 5.91 Å². The standard InChI is InChI=1S/C15H23NO2/c1-2-3-4-8-11-15(18)16-14(12-17)13-9-6-5-7-10-13/h5-7,9-10,14,17H,2-4,8,11-12H2,1H3,(H,16,18)/t14-/m1/s1. The number of hydrogen-bond acceptors (Lipinski definition) is 2. The number of unbranched alkanes of at least 4 members (excludes halogenated alkanes) is 3. The van der Waals surface area contributed by atoms with E-state index in [0.717, 1.165) is 18.4 Å². The third-order valence-corrected chi connectivity index (χ3v) is 2.98. The fourth-order valence-corrected chi connectivity index (χ4v) is 1.90. The zero-order chi connectivity index (χ0) is 13.2. The maximum Gasteiger partial charge on any atom is 0.220 e. The zero-order valence-corrected chi connectivity index (χ0v) is 11.1. The summed E-state index contributed by atoms with van der Waals surface area (Å²) in [7, 11) is 0. The van der Waals surface area contributed by atoms with Crippen molar-refractivity contribution in [2.45, 2.75) is 45.1 Å². The second-order valence-corrected chi connectivity index (χ2v) is 4.52. The maximum atomic E-state index is 11.7. The highest BCUT2D eigenvalue weighted by molar-refractivity contribution is 5.76. The van der Waals surface area contributed by atoms with E-state index in [9.17, 15) is 9.90 Å². The molecule has 0 aliphatic rings. The number of hydrogen-bond donors (Lipinski definition) is 2. The van der Waals surface area contributed by atoms with E-state index in [4.69, 9.17) is 0 Å². The second-order valence-electron chi connectivity index (χ2n) is 4.52. The summed E-state index contributed by atoms with van der Waals surface area (Å²) in [6, 6.07) is 9.28. The van der Waals surface area contributed by atoms with Gasteiger partial charge in [-0.05, 0) is 12.0 Å². The quantitative estimate of drug-likeness (QED) is 0.696. The van der Waals surface area contributed by atoms with Crippen molar-refractivity contribution < 1.29 is 9.90 Å². The van der Waals surface area contributed by atoms with Gasteiger partial charge in [0, 0.05) is 6.42 Å². The molecule has 0 saturated carbocycles. The summed E-state index contributed by atoms with van der Waals surface area (Å²) in [5, 5.41) is 12.2. The number of carbonyl (C=O) groups is 1. The van der Waals surface area contributed by atoms with Gasteiger partial charge in [0.15, 0.2) is 0 Å². The van der Waals surface area contributed by atoms with E-state index in [1.165, 1.54) is 12.8 Å². The fourth-order valence-electron chi connectivity index (χ4n) is 1.90. The van der Waals surface area contributed by atoms with Gasteiger partial charge in [-0.2, -0.15) is 0 Å². The summed E-state index contributed by atoms with van der Waals surface area (Å²) in [6.45, 7) is 2.09. The van der Waals surface area contributed by atoms with Crippen molar-refractivity contribution in [1.82, 2.24) is 5.32 Å². The van der Waals surface area contributed by atoms with Crippen LogP contribution in [0, 0.1) is 0 Å². The molecule has 0 fully saturated rings. The van der Waals surface area contributed by atoms with Gasteiger partial charge in [-0.3, -0.25) is 4.79 Å². The molecular formula is C15H23NO2. The Balaban J connectivity index is 2.37. The minimum atomic E-state index is -0.287. The first-order valence-electron chi connectivity index (χ1n) is 6.73. The summed E-state index contributed by atoms with van der Waals surface area (Å²) in [5.41, 5.74) is 0.946. The second kappa shape index (κ2) is 8.70. The Labute approximate surface area is 109 Å². The number of nitrogens with one attached hydrogen (secondary N) is 1. The molecule has 1 rings (SSSR count). The average Bonchev–Trinajstić information content (AvgIpc) is 2.42. The molecule has 0 saturated heterocycles. The van der Waals surface area contributed by atoms with Gasteiger partial charge < -0.3 is 10.4 Å². The molecule has 0 unspecified atom stereocenters. The van der Waals surface area contributed by atoms with E-state index in [1.54, 1.807) is 0 Å². The van der Waals surface area contributed by atoms with Crippen molar-refractivity contribution in [3.05, 3.63) is 35.9 Å². The topological polar surface area (TPSA) is 49.3 Å². The Hall–Kier alpha value is -1.35. The zero-order valence-electron chi connectivity index (χ0n) is 11.1. The molecule has 1 aromatic rings. The number of aliphatic hydroxyl groups is 1. The van der Waals surface area contributed by atoms with Crippen molar-refractivity contribution in [2.75, 3.05) is 6.61 Å². The maximum absolute atomic E-state index is 11.7. The predicted octanol–water partition coefficient (Wildman–Crippen LogP) is 2.81. The highest BCUT2D eigenvalue weighted by Gasteiger charge is 2.12. The third kappa shape index (κ3) is 5.32. The molecule has 0 radical (unpaired) electrons. The molecule has 0 heterocycles. The van der Waals surface area contributed by atoms with Crippen LogP contribution in [-0.2, 0) is 4.79 Å². The van der Waals surface area contributed by atoms with Gasteiger partial charge in [-0.25, -0.2) is 0 Å². The summed E-state index contributed by atoms with van der Waals surface area (Å²) in [5.74, 6) is 0.0222. The SMILES string of the molecule is CCCCCCC(=O)N[C@H](CO)c1ccccc1. The predicted molar refractivity (Wildman–Crippen MR) is 73.2 cm³/mol. The minimum absolute atomic E-state index is 0.0222. The highest BCUT2D eigenvalue weighted by atomic mass is 16.3. The van der Waals surface area contributed by atoms with Crippen LogP contribution in [0.4, 0.5) is 0 Å². The molecule has 0 aliphatic heterocycles. The van der Waals surface area contributed by atoms with E-state index < -0.39 is 0 Å². The molecular weight excluding hydrogens is 226 g/mol. The van der Waals surface area contributed by atoms with E-state index in [-0.39, 0.29) is 18.6 Å². The monoisotopic (exact) mass is 249 g/mol. The van der Waals surface area contributed by atoms with Crippen molar-refractivity contribution in [2.24, 2.45) is 0 Å². The molecule has 3 heteroatoms. The van der Waals surface area contributed by atoms with Gasteiger partial charge in [0.1, 0.15) is 0 Å². The summed E-state index contributed by atoms with van der Waals surface area (Å²) in [4.78, 5) is 11.7. The molecule has 1 amide bonds. The summed E-state index contributed by atoms with van der Waals surface area (Å²) >= 11 is 0. The number of amides is 1. The summed E-state index contributed by atoms with van der Waals surface area (Å²) in [6.07, 6.45) is 4.91. The smallest absolute Gasteiger partial charge is 0.220 e. The van der Waals surface area contributed by atoms with Crippen LogP contribution in [0.2, 0.25) is 0 Å². The molecule has 0 aromatic heterocycles. The largest absolute Gasteiger partial charge is 0.394 e. The van der Waals surface area contributed by atoms with Gasteiger partial charge >= 0.3 is 0 Å². The van der Waals surface area contributed by atoms with Crippen molar-refractivity contribution in [3.63, 3.8) is 0 Å². The lowest BCUT2D eigenvalue weighted by atomic mass is 10.1. The fraction of sp³-hybridized carbons (Fsp3) is 0.533. The number of carbonyl (C=O) groups excluding carboxylic acids is 1. The molecule has 2 N–H and O–H groups in total. The molecule has 0 spiro atoms. The Morgan fingerprint density at radius 1 is 1.22 bits per heavy atom. The molecule has 18 heavy (non-hydrogen) atoms. The number of benzene rings is 1. The van der Waals surface area contributed by atoms with Gasteiger partial charge in [-0.1, -0.05) is 56.5 Å². The highest BCUT2D eigenvalue weighted by Crippen LogP contribution is 2.12.